The average molecular weight is 549 g/mol. The Balaban J connectivity index is 0.000000225. The Labute approximate surface area is 235 Å². The van der Waals surface area contributed by atoms with Gasteiger partial charge in [-0.05, 0) is 53.1 Å². The van der Waals surface area contributed by atoms with Crippen molar-refractivity contribution in [2.45, 2.75) is 12.8 Å². The number of halogens is 1. The predicted octanol–water partition coefficient (Wildman–Crippen LogP) is 6.83. The Hall–Kier alpha value is -4.29. The number of rotatable bonds is 9. The minimum Gasteiger partial charge on any atom is -0.493 e. The number of benzene rings is 4. The van der Waals surface area contributed by atoms with Crippen LogP contribution in [0, 0.1) is 0 Å². The van der Waals surface area contributed by atoms with Gasteiger partial charge in [0.15, 0.2) is 28.8 Å². The molecule has 0 fully saturated rings. The molecule has 0 aliphatic carbocycles. The first-order valence-corrected chi connectivity index (χ1v) is 12.5. The van der Waals surface area contributed by atoms with E-state index in [-0.39, 0.29) is 11.0 Å². The number of ether oxygens (including phenoxy) is 4. The van der Waals surface area contributed by atoms with Gasteiger partial charge in [0.05, 0.1) is 28.4 Å². The number of methoxy groups -OCH3 is 4. The second-order valence-electron chi connectivity index (χ2n) is 8.03. The molecule has 0 unspecified atom stereocenters. The maximum atomic E-state index is 12.2. The smallest absolute Gasteiger partial charge is 0.226 e. The van der Waals surface area contributed by atoms with E-state index in [0.29, 0.717) is 29.9 Å². The SMILES string of the molecule is COc1ccc(C(=O)Cc2ccccc2)cc1OC.COc1ccccc1OC.O=C(Cl)Cc1ccccc1. The van der Waals surface area contributed by atoms with Crippen LogP contribution >= 0.6 is 11.6 Å². The lowest BCUT2D eigenvalue weighted by molar-refractivity contribution is -0.111. The van der Waals surface area contributed by atoms with Crippen LogP contribution in [0.5, 0.6) is 23.0 Å². The van der Waals surface area contributed by atoms with Crippen LogP contribution < -0.4 is 18.9 Å². The third kappa shape index (κ3) is 10.9. The second-order valence-corrected chi connectivity index (χ2v) is 8.45. The minimum atomic E-state index is -0.314. The standard InChI is InChI=1S/C16H16O3.C8H7ClO.C8H10O2/c1-18-15-9-8-13(11-16(15)19-2)14(17)10-12-6-4-3-5-7-12;9-8(10)6-7-4-2-1-3-5-7;1-9-7-5-3-4-6-8(7)10-2/h3-9,11H,10H2,1-2H3;1-5H,6H2;3-6H,1-2H3. The lowest BCUT2D eigenvalue weighted by atomic mass is 10.0. The van der Waals surface area contributed by atoms with Crippen LogP contribution in [0.25, 0.3) is 0 Å². The monoisotopic (exact) mass is 548 g/mol. The number of ketones is 1. The first-order chi connectivity index (χ1) is 18.9. The first-order valence-electron chi connectivity index (χ1n) is 12.1. The predicted molar refractivity (Wildman–Crippen MR) is 155 cm³/mol. The Morgan fingerprint density at radius 3 is 1.38 bits per heavy atom. The van der Waals surface area contributed by atoms with Crippen LogP contribution in [-0.4, -0.2) is 39.5 Å². The highest BCUT2D eigenvalue weighted by Gasteiger charge is 2.11. The third-order valence-corrected chi connectivity index (χ3v) is 5.52. The zero-order valence-corrected chi connectivity index (χ0v) is 23.3. The van der Waals surface area contributed by atoms with Crippen LogP contribution in [0.4, 0.5) is 0 Å². The molecule has 7 heteroatoms. The van der Waals surface area contributed by atoms with E-state index in [1.807, 2.05) is 84.9 Å². The van der Waals surface area contributed by atoms with Crippen molar-refractivity contribution in [3.63, 3.8) is 0 Å². The number of carbonyl (C=O) groups excluding carboxylic acids is 2. The van der Waals surface area contributed by atoms with Gasteiger partial charge >= 0.3 is 0 Å². The van der Waals surface area contributed by atoms with Gasteiger partial charge in [-0.1, -0.05) is 72.8 Å². The molecule has 0 saturated carbocycles. The summed E-state index contributed by atoms with van der Waals surface area (Å²) >= 11 is 5.17. The average Bonchev–Trinajstić information content (AvgIpc) is 2.98. The minimum absolute atomic E-state index is 0.0622. The van der Waals surface area contributed by atoms with Gasteiger partial charge < -0.3 is 18.9 Å². The molecule has 204 valence electrons. The van der Waals surface area contributed by atoms with Crippen LogP contribution in [0.2, 0.25) is 0 Å². The molecule has 4 aromatic rings. The van der Waals surface area contributed by atoms with Gasteiger partial charge in [0.2, 0.25) is 5.24 Å². The number of carbonyl (C=O) groups is 2. The molecule has 0 aliphatic heterocycles. The van der Waals surface area contributed by atoms with E-state index in [2.05, 4.69) is 0 Å². The third-order valence-electron chi connectivity index (χ3n) is 5.39. The van der Waals surface area contributed by atoms with Gasteiger partial charge in [-0.15, -0.1) is 0 Å². The summed E-state index contributed by atoms with van der Waals surface area (Å²) in [5.41, 5.74) is 2.59. The summed E-state index contributed by atoms with van der Waals surface area (Å²) in [5.74, 6) is 2.79. The lowest BCUT2D eigenvalue weighted by Crippen LogP contribution is -2.04. The molecule has 0 saturated heterocycles. The molecule has 0 aliphatic rings. The highest BCUT2D eigenvalue weighted by atomic mass is 35.5. The first kappa shape index (κ1) is 30.9. The summed E-state index contributed by atoms with van der Waals surface area (Å²) in [6, 6.07) is 31.8. The number of hydrogen-bond donors (Lipinski definition) is 0. The van der Waals surface area contributed by atoms with Crippen molar-refractivity contribution in [2.75, 3.05) is 28.4 Å². The van der Waals surface area contributed by atoms with Gasteiger partial charge in [-0.3, -0.25) is 9.59 Å². The topological polar surface area (TPSA) is 71.1 Å². The normalized spacial score (nSPS) is 9.56. The fourth-order valence-electron chi connectivity index (χ4n) is 3.44. The van der Waals surface area contributed by atoms with Gasteiger partial charge in [0.1, 0.15) is 0 Å². The molecular formula is C32H33ClO6. The van der Waals surface area contributed by atoms with Crippen LogP contribution in [0.15, 0.2) is 103 Å². The second kappa shape index (κ2) is 17.3. The van der Waals surface area contributed by atoms with Crippen molar-refractivity contribution in [3.8, 4) is 23.0 Å². The molecular weight excluding hydrogens is 516 g/mol. The number of Topliss-reactive ketones (excluding diaryl/α,β-unsaturated/α-hetero) is 1. The number of hydrogen-bond acceptors (Lipinski definition) is 6. The zero-order valence-electron chi connectivity index (χ0n) is 22.6. The van der Waals surface area contributed by atoms with E-state index in [0.717, 1.165) is 22.6 Å². The van der Waals surface area contributed by atoms with E-state index in [1.54, 1.807) is 46.6 Å². The molecule has 0 spiro atoms. The van der Waals surface area contributed by atoms with Gasteiger partial charge in [0.25, 0.3) is 0 Å². The molecule has 0 amide bonds. The van der Waals surface area contributed by atoms with Gasteiger partial charge in [-0.25, -0.2) is 0 Å². The summed E-state index contributed by atoms with van der Waals surface area (Å²) in [6.45, 7) is 0. The maximum Gasteiger partial charge on any atom is 0.226 e. The molecule has 4 rings (SSSR count). The molecule has 4 aromatic carbocycles. The molecule has 0 atom stereocenters. The Morgan fingerprint density at radius 2 is 0.949 bits per heavy atom. The van der Waals surface area contributed by atoms with E-state index in [9.17, 15) is 9.59 Å². The van der Waals surface area contributed by atoms with Crippen molar-refractivity contribution in [3.05, 3.63) is 120 Å². The zero-order chi connectivity index (χ0) is 28.5. The molecule has 6 nitrogen and oxygen atoms in total. The lowest BCUT2D eigenvalue weighted by Gasteiger charge is -2.09. The molecule has 0 bridgehead atoms. The number of para-hydroxylation sites is 2. The van der Waals surface area contributed by atoms with Crippen molar-refractivity contribution in [2.24, 2.45) is 0 Å². The van der Waals surface area contributed by atoms with E-state index < -0.39 is 0 Å². The Morgan fingerprint density at radius 1 is 0.538 bits per heavy atom. The highest BCUT2D eigenvalue weighted by molar-refractivity contribution is 6.63. The van der Waals surface area contributed by atoms with Crippen molar-refractivity contribution >= 4 is 22.6 Å². The van der Waals surface area contributed by atoms with Gasteiger partial charge in [-0.2, -0.15) is 0 Å². The summed E-state index contributed by atoms with van der Waals surface area (Å²) in [7, 11) is 6.38. The highest BCUT2D eigenvalue weighted by Crippen LogP contribution is 2.28. The van der Waals surface area contributed by atoms with Gasteiger partial charge in [0, 0.05) is 18.4 Å². The van der Waals surface area contributed by atoms with E-state index in [4.69, 9.17) is 30.5 Å². The van der Waals surface area contributed by atoms with E-state index >= 15 is 0 Å². The molecule has 39 heavy (non-hydrogen) atoms. The molecule has 0 aromatic heterocycles. The summed E-state index contributed by atoms with van der Waals surface area (Å²) < 4.78 is 20.4. The summed E-state index contributed by atoms with van der Waals surface area (Å²) in [4.78, 5) is 22.6. The van der Waals surface area contributed by atoms with Crippen LogP contribution in [-0.2, 0) is 17.6 Å². The largest absolute Gasteiger partial charge is 0.493 e. The van der Waals surface area contributed by atoms with Crippen LogP contribution in [0.1, 0.15) is 21.5 Å². The van der Waals surface area contributed by atoms with Crippen molar-refractivity contribution in [1.82, 2.24) is 0 Å². The van der Waals surface area contributed by atoms with E-state index in [1.165, 1.54) is 0 Å². The quantitative estimate of drug-likeness (QED) is 0.169. The molecule has 0 heterocycles. The molecule has 0 N–H and O–H groups in total. The molecule has 0 radical (unpaired) electrons. The Bertz CT molecular complexity index is 1270. The summed E-state index contributed by atoms with van der Waals surface area (Å²) in [5, 5.41) is -0.314. The fourth-order valence-corrected chi connectivity index (χ4v) is 3.59. The Kier molecular flexibility index (Phi) is 13.7. The summed E-state index contributed by atoms with van der Waals surface area (Å²) in [6.07, 6.45) is 0.707. The van der Waals surface area contributed by atoms with Crippen molar-refractivity contribution in [1.29, 1.82) is 0 Å². The fraction of sp³-hybridized carbons (Fsp3) is 0.188. The van der Waals surface area contributed by atoms with Crippen LogP contribution in [0.3, 0.4) is 0 Å². The maximum absolute atomic E-state index is 12.2. The van der Waals surface area contributed by atoms with Crippen molar-refractivity contribution < 1.29 is 28.5 Å².